The summed E-state index contributed by atoms with van der Waals surface area (Å²) in [5.74, 6) is -0.163. The lowest BCUT2D eigenvalue weighted by Gasteiger charge is -2.34. The molecule has 6 heteroatoms. The van der Waals surface area contributed by atoms with Gasteiger partial charge in [0.05, 0.1) is 12.1 Å². The molecule has 2 rings (SSSR count). The van der Waals surface area contributed by atoms with Crippen molar-refractivity contribution in [3.05, 3.63) is 29.8 Å². The van der Waals surface area contributed by atoms with Crippen LogP contribution in [0.25, 0.3) is 0 Å². The van der Waals surface area contributed by atoms with Crippen molar-refractivity contribution < 1.29 is 9.59 Å². The summed E-state index contributed by atoms with van der Waals surface area (Å²) in [5.41, 5.74) is 12.1. The van der Waals surface area contributed by atoms with Crippen LogP contribution >= 0.6 is 0 Å². The minimum atomic E-state index is -0.0852. The minimum absolute atomic E-state index is 0.0135. The van der Waals surface area contributed by atoms with Crippen molar-refractivity contribution in [2.24, 2.45) is 5.73 Å². The van der Waals surface area contributed by atoms with Crippen molar-refractivity contribution in [2.75, 3.05) is 38.5 Å². The number of amides is 2. The SMILES string of the molecule is NCC(=O)N1CCN(C(=O)c2ccccc2N)CC1. The third-order valence-electron chi connectivity index (χ3n) is 3.29. The zero-order valence-electron chi connectivity index (χ0n) is 10.7. The van der Waals surface area contributed by atoms with Gasteiger partial charge in [0.2, 0.25) is 5.91 Å². The fourth-order valence-electron chi connectivity index (χ4n) is 2.15. The quantitative estimate of drug-likeness (QED) is 0.703. The molecule has 1 aromatic carbocycles. The molecule has 4 N–H and O–H groups in total. The van der Waals surface area contributed by atoms with Crippen LogP contribution in [-0.2, 0) is 4.79 Å². The van der Waals surface area contributed by atoms with Gasteiger partial charge in [-0.05, 0) is 12.1 Å². The molecule has 1 aliphatic heterocycles. The van der Waals surface area contributed by atoms with Crippen LogP contribution in [0.5, 0.6) is 0 Å². The molecule has 0 aliphatic carbocycles. The minimum Gasteiger partial charge on any atom is -0.398 e. The Morgan fingerprint density at radius 2 is 1.63 bits per heavy atom. The topological polar surface area (TPSA) is 92.7 Å². The number of nitrogens with two attached hydrogens (primary N) is 2. The van der Waals surface area contributed by atoms with Gasteiger partial charge in [-0.2, -0.15) is 0 Å². The van der Waals surface area contributed by atoms with Crippen molar-refractivity contribution in [3.63, 3.8) is 0 Å². The predicted molar refractivity (Wildman–Crippen MR) is 72.4 cm³/mol. The molecule has 0 radical (unpaired) electrons. The molecule has 0 bridgehead atoms. The summed E-state index contributed by atoms with van der Waals surface area (Å²) in [5, 5.41) is 0. The summed E-state index contributed by atoms with van der Waals surface area (Å²) in [7, 11) is 0. The normalized spacial score (nSPS) is 15.4. The first-order chi connectivity index (χ1) is 9.13. The number of carbonyl (C=O) groups is 2. The Morgan fingerprint density at radius 3 is 2.21 bits per heavy atom. The van der Waals surface area contributed by atoms with Gasteiger partial charge in [-0.15, -0.1) is 0 Å². The molecule has 1 fully saturated rings. The average molecular weight is 262 g/mol. The monoisotopic (exact) mass is 262 g/mol. The molecule has 2 amide bonds. The Morgan fingerprint density at radius 1 is 1.05 bits per heavy atom. The molecule has 0 unspecified atom stereocenters. The van der Waals surface area contributed by atoms with E-state index >= 15 is 0 Å². The highest BCUT2D eigenvalue weighted by atomic mass is 16.2. The predicted octanol–water partition coefficient (Wildman–Crippen LogP) is -0.488. The lowest BCUT2D eigenvalue weighted by Crippen LogP contribution is -2.52. The zero-order chi connectivity index (χ0) is 13.8. The molecule has 6 nitrogen and oxygen atoms in total. The lowest BCUT2D eigenvalue weighted by atomic mass is 10.1. The molecule has 1 aliphatic rings. The second-order valence-corrected chi connectivity index (χ2v) is 4.46. The molecule has 1 aromatic rings. The van der Waals surface area contributed by atoms with Crippen LogP contribution in [-0.4, -0.2) is 54.3 Å². The van der Waals surface area contributed by atoms with Crippen LogP contribution in [0.3, 0.4) is 0 Å². The van der Waals surface area contributed by atoms with Gasteiger partial charge in [-0.25, -0.2) is 0 Å². The van der Waals surface area contributed by atoms with Crippen molar-refractivity contribution in [1.82, 2.24) is 9.80 Å². The Bertz CT molecular complexity index is 481. The van der Waals surface area contributed by atoms with Crippen LogP contribution in [0.15, 0.2) is 24.3 Å². The third kappa shape index (κ3) is 2.85. The highest BCUT2D eigenvalue weighted by Crippen LogP contribution is 2.15. The van der Waals surface area contributed by atoms with Crippen LogP contribution in [0, 0.1) is 0 Å². The van der Waals surface area contributed by atoms with Gasteiger partial charge in [0.1, 0.15) is 0 Å². The number of benzene rings is 1. The van der Waals surface area contributed by atoms with E-state index in [1.165, 1.54) is 0 Å². The van der Waals surface area contributed by atoms with Crippen molar-refractivity contribution in [2.45, 2.75) is 0 Å². The van der Waals surface area contributed by atoms with Gasteiger partial charge in [-0.3, -0.25) is 9.59 Å². The van der Waals surface area contributed by atoms with Crippen LogP contribution in [0.4, 0.5) is 5.69 Å². The fourth-order valence-corrected chi connectivity index (χ4v) is 2.15. The number of hydrogen-bond donors (Lipinski definition) is 2. The van der Waals surface area contributed by atoms with E-state index < -0.39 is 0 Å². The molecule has 102 valence electrons. The third-order valence-corrected chi connectivity index (χ3v) is 3.29. The number of hydrogen-bond acceptors (Lipinski definition) is 4. The maximum atomic E-state index is 12.3. The van der Waals surface area contributed by atoms with E-state index in [1.807, 2.05) is 0 Å². The van der Waals surface area contributed by atoms with Gasteiger partial charge in [0, 0.05) is 31.9 Å². The Balaban J connectivity index is 2.00. The maximum absolute atomic E-state index is 12.3. The average Bonchev–Trinajstić information content (AvgIpc) is 2.46. The van der Waals surface area contributed by atoms with E-state index in [4.69, 9.17) is 11.5 Å². The van der Waals surface area contributed by atoms with Gasteiger partial charge >= 0.3 is 0 Å². The molecular weight excluding hydrogens is 244 g/mol. The number of nitrogen functional groups attached to an aromatic ring is 1. The summed E-state index contributed by atoms with van der Waals surface area (Å²) in [4.78, 5) is 27.1. The number of carbonyl (C=O) groups excluding carboxylic acids is 2. The molecule has 0 atom stereocenters. The summed E-state index contributed by atoms with van der Waals surface area (Å²) in [6, 6.07) is 7.01. The molecule has 0 saturated carbocycles. The summed E-state index contributed by atoms with van der Waals surface area (Å²) in [6.45, 7) is 2.08. The Labute approximate surface area is 112 Å². The largest absolute Gasteiger partial charge is 0.398 e. The first-order valence-corrected chi connectivity index (χ1v) is 6.25. The maximum Gasteiger partial charge on any atom is 0.256 e. The first-order valence-electron chi connectivity index (χ1n) is 6.25. The van der Waals surface area contributed by atoms with E-state index in [-0.39, 0.29) is 18.4 Å². The summed E-state index contributed by atoms with van der Waals surface area (Å²) >= 11 is 0. The van der Waals surface area contributed by atoms with E-state index in [2.05, 4.69) is 0 Å². The van der Waals surface area contributed by atoms with Gasteiger partial charge in [-0.1, -0.05) is 12.1 Å². The molecular formula is C13H18N4O2. The van der Waals surface area contributed by atoms with Crippen molar-refractivity contribution in [1.29, 1.82) is 0 Å². The number of rotatable bonds is 2. The summed E-state index contributed by atoms with van der Waals surface area (Å²) in [6.07, 6.45) is 0. The molecule has 19 heavy (non-hydrogen) atoms. The molecule has 0 spiro atoms. The van der Waals surface area contributed by atoms with E-state index in [9.17, 15) is 9.59 Å². The highest BCUT2D eigenvalue weighted by molar-refractivity contribution is 5.99. The molecule has 1 saturated heterocycles. The Kier molecular flexibility index (Phi) is 4.01. The number of nitrogens with zero attached hydrogens (tertiary/aromatic N) is 2. The number of anilines is 1. The van der Waals surface area contributed by atoms with Crippen LogP contribution in [0.2, 0.25) is 0 Å². The smallest absolute Gasteiger partial charge is 0.256 e. The van der Waals surface area contributed by atoms with Gasteiger partial charge in [0.15, 0.2) is 0 Å². The van der Waals surface area contributed by atoms with E-state index in [0.29, 0.717) is 37.4 Å². The number of para-hydroxylation sites is 1. The molecule has 0 aromatic heterocycles. The van der Waals surface area contributed by atoms with Gasteiger partial charge < -0.3 is 21.3 Å². The summed E-state index contributed by atoms with van der Waals surface area (Å²) < 4.78 is 0. The van der Waals surface area contributed by atoms with Crippen LogP contribution < -0.4 is 11.5 Å². The zero-order valence-corrected chi connectivity index (χ0v) is 10.7. The standard InChI is InChI=1S/C13H18N4O2/c14-9-12(18)16-5-7-17(8-6-16)13(19)10-3-1-2-4-11(10)15/h1-4H,5-9,14-15H2. The fraction of sp³-hybridized carbons (Fsp3) is 0.385. The first kappa shape index (κ1) is 13.4. The highest BCUT2D eigenvalue weighted by Gasteiger charge is 2.24. The van der Waals surface area contributed by atoms with E-state index in [1.54, 1.807) is 34.1 Å². The van der Waals surface area contributed by atoms with Gasteiger partial charge in [0.25, 0.3) is 5.91 Å². The van der Waals surface area contributed by atoms with Crippen molar-refractivity contribution in [3.8, 4) is 0 Å². The van der Waals surface area contributed by atoms with Crippen molar-refractivity contribution >= 4 is 17.5 Å². The second-order valence-electron chi connectivity index (χ2n) is 4.46. The lowest BCUT2D eigenvalue weighted by molar-refractivity contribution is -0.131. The van der Waals surface area contributed by atoms with E-state index in [0.717, 1.165) is 0 Å². The number of piperazine rings is 1. The van der Waals surface area contributed by atoms with Crippen LogP contribution in [0.1, 0.15) is 10.4 Å². The second kappa shape index (κ2) is 5.71. The Hall–Kier alpha value is -2.08. The molecule has 1 heterocycles.